The molecule has 0 bridgehead atoms. The monoisotopic (exact) mass is 252 g/mol. The van der Waals surface area contributed by atoms with E-state index in [-0.39, 0.29) is 17.0 Å². The van der Waals surface area contributed by atoms with Crippen molar-refractivity contribution in [3.63, 3.8) is 0 Å². The first-order chi connectivity index (χ1) is 8.15. The molecule has 0 spiro atoms. The molecular formula is C11H10ClFN4. The van der Waals surface area contributed by atoms with Gasteiger partial charge in [0, 0.05) is 0 Å². The van der Waals surface area contributed by atoms with E-state index in [1.165, 1.54) is 18.3 Å². The smallest absolute Gasteiger partial charge is 0.243 e. The van der Waals surface area contributed by atoms with Crippen molar-refractivity contribution in [2.75, 3.05) is 5.32 Å². The Balaban J connectivity index is 2.08. The summed E-state index contributed by atoms with van der Waals surface area (Å²) in [5, 5.41) is 10.7. The van der Waals surface area contributed by atoms with Gasteiger partial charge in [0.25, 0.3) is 0 Å². The Hall–Kier alpha value is -1.75. The van der Waals surface area contributed by atoms with Gasteiger partial charge in [0.15, 0.2) is 5.15 Å². The Morgan fingerprint density at radius 3 is 2.53 bits per heavy atom. The molecule has 1 N–H and O–H groups in total. The van der Waals surface area contributed by atoms with E-state index in [1.54, 1.807) is 12.1 Å². The third-order valence-electron chi connectivity index (χ3n) is 2.25. The van der Waals surface area contributed by atoms with E-state index in [0.717, 1.165) is 5.56 Å². The maximum absolute atomic E-state index is 12.8. The van der Waals surface area contributed by atoms with Gasteiger partial charge in [-0.1, -0.05) is 23.7 Å². The Morgan fingerprint density at radius 2 is 1.94 bits per heavy atom. The molecular weight excluding hydrogens is 243 g/mol. The second-order valence-corrected chi connectivity index (χ2v) is 3.91. The van der Waals surface area contributed by atoms with Crippen LogP contribution in [0.2, 0.25) is 5.15 Å². The molecule has 1 unspecified atom stereocenters. The molecule has 4 nitrogen and oxygen atoms in total. The Morgan fingerprint density at radius 1 is 1.24 bits per heavy atom. The molecule has 17 heavy (non-hydrogen) atoms. The first-order valence-electron chi connectivity index (χ1n) is 5.02. The zero-order valence-corrected chi connectivity index (χ0v) is 9.82. The average molecular weight is 253 g/mol. The van der Waals surface area contributed by atoms with Gasteiger partial charge in [-0.25, -0.2) is 9.37 Å². The number of benzene rings is 1. The van der Waals surface area contributed by atoms with Crippen LogP contribution < -0.4 is 5.32 Å². The first-order valence-corrected chi connectivity index (χ1v) is 5.40. The van der Waals surface area contributed by atoms with Crippen molar-refractivity contribution in [1.82, 2.24) is 15.2 Å². The second-order valence-electron chi connectivity index (χ2n) is 3.52. The molecule has 88 valence electrons. The van der Waals surface area contributed by atoms with Crippen LogP contribution in [-0.2, 0) is 0 Å². The van der Waals surface area contributed by atoms with E-state index in [9.17, 15) is 4.39 Å². The number of hydrogen-bond donors (Lipinski definition) is 1. The first kappa shape index (κ1) is 11.7. The number of hydrogen-bond acceptors (Lipinski definition) is 4. The number of anilines is 1. The standard InChI is InChI=1S/C11H10ClFN4/c1-7(8-2-4-9(13)5-3-8)15-11-14-6-10(12)16-17-11/h2-7H,1H3,(H,14,15,17). The van der Waals surface area contributed by atoms with Crippen LogP contribution in [-0.4, -0.2) is 15.2 Å². The number of rotatable bonds is 3. The van der Waals surface area contributed by atoms with Gasteiger partial charge in [-0.2, -0.15) is 0 Å². The molecule has 1 atom stereocenters. The lowest BCUT2D eigenvalue weighted by Crippen LogP contribution is -2.09. The fourth-order valence-electron chi connectivity index (χ4n) is 1.36. The molecule has 2 aromatic rings. The summed E-state index contributed by atoms with van der Waals surface area (Å²) in [5.74, 6) is 0.122. The highest BCUT2D eigenvalue weighted by molar-refractivity contribution is 6.29. The van der Waals surface area contributed by atoms with Crippen LogP contribution in [0.4, 0.5) is 10.3 Å². The summed E-state index contributed by atoms with van der Waals surface area (Å²) in [6.07, 6.45) is 1.41. The van der Waals surface area contributed by atoms with Gasteiger partial charge in [0.2, 0.25) is 5.95 Å². The highest BCUT2D eigenvalue weighted by Crippen LogP contribution is 2.16. The molecule has 6 heteroatoms. The normalized spacial score (nSPS) is 12.2. The lowest BCUT2D eigenvalue weighted by Gasteiger charge is -2.13. The van der Waals surface area contributed by atoms with Gasteiger partial charge in [0.1, 0.15) is 5.82 Å². The number of halogens is 2. The van der Waals surface area contributed by atoms with Crippen LogP contribution in [0.1, 0.15) is 18.5 Å². The topological polar surface area (TPSA) is 50.7 Å². The highest BCUT2D eigenvalue weighted by atomic mass is 35.5. The predicted octanol–water partition coefficient (Wildman–Crippen LogP) is 2.84. The predicted molar refractivity (Wildman–Crippen MR) is 63.3 cm³/mol. The van der Waals surface area contributed by atoms with E-state index in [4.69, 9.17) is 11.6 Å². The lowest BCUT2D eigenvalue weighted by atomic mass is 10.1. The summed E-state index contributed by atoms with van der Waals surface area (Å²) < 4.78 is 12.8. The SMILES string of the molecule is CC(Nc1ncc(Cl)nn1)c1ccc(F)cc1. The second kappa shape index (κ2) is 5.05. The fourth-order valence-corrected chi connectivity index (χ4v) is 1.44. The molecule has 0 amide bonds. The third kappa shape index (κ3) is 3.10. The van der Waals surface area contributed by atoms with Gasteiger partial charge in [0.05, 0.1) is 12.2 Å². The van der Waals surface area contributed by atoms with Crippen molar-refractivity contribution in [1.29, 1.82) is 0 Å². The van der Waals surface area contributed by atoms with Crippen molar-refractivity contribution in [3.05, 3.63) is 47.0 Å². The van der Waals surface area contributed by atoms with Gasteiger partial charge in [-0.05, 0) is 24.6 Å². The molecule has 1 aromatic carbocycles. The summed E-state index contributed by atoms with van der Waals surface area (Å²) in [6, 6.07) is 6.19. The van der Waals surface area contributed by atoms with E-state index in [1.807, 2.05) is 6.92 Å². The Kier molecular flexibility index (Phi) is 3.49. The van der Waals surface area contributed by atoms with Crippen LogP contribution in [0.5, 0.6) is 0 Å². The number of aromatic nitrogens is 3. The maximum atomic E-state index is 12.8. The van der Waals surface area contributed by atoms with Crippen LogP contribution in [0, 0.1) is 5.82 Å². The zero-order chi connectivity index (χ0) is 12.3. The number of nitrogens with zero attached hydrogens (tertiary/aromatic N) is 3. The fraction of sp³-hybridized carbons (Fsp3) is 0.182. The summed E-state index contributed by atoms with van der Waals surface area (Å²) in [6.45, 7) is 1.92. The summed E-state index contributed by atoms with van der Waals surface area (Å²) in [4.78, 5) is 3.97. The van der Waals surface area contributed by atoms with Crippen molar-refractivity contribution >= 4 is 17.5 Å². The van der Waals surface area contributed by atoms with E-state index < -0.39 is 0 Å². The van der Waals surface area contributed by atoms with Gasteiger partial charge < -0.3 is 5.32 Å². The number of nitrogens with one attached hydrogen (secondary N) is 1. The van der Waals surface area contributed by atoms with Crippen LogP contribution in [0.3, 0.4) is 0 Å². The minimum atomic E-state index is -0.259. The van der Waals surface area contributed by atoms with Crippen LogP contribution in [0.15, 0.2) is 30.5 Å². The maximum Gasteiger partial charge on any atom is 0.243 e. The molecule has 0 aliphatic heterocycles. The van der Waals surface area contributed by atoms with Gasteiger partial charge >= 0.3 is 0 Å². The minimum absolute atomic E-state index is 0.0430. The van der Waals surface area contributed by atoms with Crippen molar-refractivity contribution < 1.29 is 4.39 Å². The zero-order valence-electron chi connectivity index (χ0n) is 9.06. The van der Waals surface area contributed by atoms with E-state index in [0.29, 0.717) is 5.95 Å². The Bertz CT molecular complexity index is 486. The van der Waals surface area contributed by atoms with Crippen molar-refractivity contribution in [3.8, 4) is 0 Å². The van der Waals surface area contributed by atoms with Gasteiger partial charge in [-0.15, -0.1) is 10.2 Å². The highest BCUT2D eigenvalue weighted by Gasteiger charge is 2.07. The third-order valence-corrected chi connectivity index (χ3v) is 2.42. The van der Waals surface area contributed by atoms with Crippen molar-refractivity contribution in [2.24, 2.45) is 0 Å². The molecule has 0 aliphatic carbocycles. The molecule has 1 heterocycles. The van der Waals surface area contributed by atoms with E-state index in [2.05, 4.69) is 20.5 Å². The average Bonchev–Trinajstić information content (AvgIpc) is 2.33. The largest absolute Gasteiger partial charge is 0.346 e. The van der Waals surface area contributed by atoms with E-state index >= 15 is 0 Å². The van der Waals surface area contributed by atoms with Crippen LogP contribution >= 0.6 is 11.6 Å². The Labute approximate surface area is 103 Å². The molecule has 0 fully saturated rings. The van der Waals surface area contributed by atoms with Crippen molar-refractivity contribution in [2.45, 2.75) is 13.0 Å². The molecule has 0 saturated heterocycles. The molecule has 0 radical (unpaired) electrons. The van der Waals surface area contributed by atoms with Gasteiger partial charge in [-0.3, -0.25) is 0 Å². The minimum Gasteiger partial charge on any atom is -0.346 e. The molecule has 1 aromatic heterocycles. The summed E-state index contributed by atoms with van der Waals surface area (Å²) >= 11 is 5.58. The van der Waals surface area contributed by atoms with Crippen LogP contribution in [0.25, 0.3) is 0 Å². The molecule has 0 aliphatic rings. The summed E-state index contributed by atoms with van der Waals surface area (Å²) in [7, 11) is 0. The lowest BCUT2D eigenvalue weighted by molar-refractivity contribution is 0.626. The molecule has 2 rings (SSSR count). The molecule has 0 saturated carbocycles. The summed E-state index contributed by atoms with van der Waals surface area (Å²) in [5.41, 5.74) is 0.935. The quantitative estimate of drug-likeness (QED) is 0.913.